The molecular weight excluding hydrogens is 218 g/mol. The van der Waals surface area contributed by atoms with E-state index in [-0.39, 0.29) is 0 Å². The predicted molar refractivity (Wildman–Crippen MR) is 67.6 cm³/mol. The Labute approximate surface area is 101 Å². The van der Waals surface area contributed by atoms with Gasteiger partial charge in [0.25, 0.3) is 0 Å². The van der Waals surface area contributed by atoms with Crippen LogP contribution in [-0.4, -0.2) is 15.8 Å². The Morgan fingerprint density at radius 3 is 2.94 bits per heavy atom. The number of pyridine rings is 1. The molecule has 1 aromatic rings. The highest BCUT2D eigenvalue weighted by Gasteiger charge is 2.17. The lowest BCUT2D eigenvalue weighted by Crippen LogP contribution is -2.00. The Bertz CT molecular complexity index is 334. The van der Waals surface area contributed by atoms with Crippen molar-refractivity contribution in [2.24, 2.45) is 5.92 Å². The molecule has 1 aliphatic carbocycles. The molecule has 1 N–H and O–H groups in total. The molecule has 1 aromatic heterocycles. The van der Waals surface area contributed by atoms with Gasteiger partial charge in [0, 0.05) is 17.5 Å². The minimum atomic E-state index is -0.417. The number of aliphatic hydroxyl groups excluding tert-OH is 1. The summed E-state index contributed by atoms with van der Waals surface area (Å²) in [4.78, 5) is 4.36. The number of rotatable bonds is 4. The van der Waals surface area contributed by atoms with Crippen LogP contribution in [0.4, 0.5) is 0 Å². The van der Waals surface area contributed by atoms with Crippen molar-refractivity contribution in [2.45, 2.75) is 43.7 Å². The summed E-state index contributed by atoms with van der Waals surface area (Å²) < 4.78 is 0. The van der Waals surface area contributed by atoms with Crippen molar-refractivity contribution < 1.29 is 5.11 Å². The average Bonchev–Trinajstić information content (AvgIpc) is 2.79. The zero-order valence-corrected chi connectivity index (χ0v) is 10.5. The third-order valence-corrected chi connectivity index (χ3v) is 4.43. The van der Waals surface area contributed by atoms with Gasteiger partial charge in [-0.15, -0.1) is 11.8 Å². The van der Waals surface area contributed by atoms with Gasteiger partial charge < -0.3 is 5.11 Å². The van der Waals surface area contributed by atoms with Gasteiger partial charge in [-0.2, -0.15) is 0 Å². The van der Waals surface area contributed by atoms with Crippen LogP contribution in [0.25, 0.3) is 0 Å². The highest BCUT2D eigenvalue weighted by atomic mass is 32.2. The zero-order chi connectivity index (χ0) is 11.4. The fourth-order valence-electron chi connectivity index (χ4n) is 2.22. The molecule has 0 aromatic carbocycles. The minimum Gasteiger partial charge on any atom is -0.389 e. The molecule has 0 radical (unpaired) electrons. The summed E-state index contributed by atoms with van der Waals surface area (Å²) in [5, 5.41) is 10.6. The maximum Gasteiger partial charge on any atom is 0.102 e. The Balaban J connectivity index is 1.97. The molecule has 16 heavy (non-hydrogen) atoms. The maximum atomic E-state index is 9.64. The first-order valence-corrected chi connectivity index (χ1v) is 7.01. The second-order valence-corrected chi connectivity index (χ2v) is 5.54. The predicted octanol–water partition coefficient (Wildman–Crippen LogP) is 3.42. The molecule has 1 saturated carbocycles. The largest absolute Gasteiger partial charge is 0.389 e. The van der Waals surface area contributed by atoms with Gasteiger partial charge >= 0.3 is 0 Å². The van der Waals surface area contributed by atoms with Gasteiger partial charge in [0.1, 0.15) is 5.03 Å². The van der Waals surface area contributed by atoms with Crippen molar-refractivity contribution >= 4 is 11.8 Å². The van der Waals surface area contributed by atoms with Crippen LogP contribution in [0.2, 0.25) is 0 Å². The van der Waals surface area contributed by atoms with Crippen molar-refractivity contribution in [3.8, 4) is 0 Å². The normalized spacial score (nSPS) is 18.9. The molecule has 0 bridgehead atoms. The fraction of sp³-hybridized carbons (Fsp3) is 0.615. The lowest BCUT2D eigenvalue weighted by molar-refractivity contribution is 0.195. The van der Waals surface area contributed by atoms with Crippen LogP contribution in [0, 0.1) is 5.92 Å². The first kappa shape index (κ1) is 11.9. The van der Waals surface area contributed by atoms with Gasteiger partial charge in [-0.25, -0.2) is 4.98 Å². The molecule has 2 rings (SSSR count). The first-order chi connectivity index (χ1) is 7.77. The summed E-state index contributed by atoms with van der Waals surface area (Å²) in [6.45, 7) is 1.80. The third kappa shape index (κ3) is 2.98. The molecule has 2 nitrogen and oxygen atoms in total. The number of hydrogen-bond acceptors (Lipinski definition) is 3. The van der Waals surface area contributed by atoms with Crippen LogP contribution in [-0.2, 0) is 0 Å². The van der Waals surface area contributed by atoms with E-state index in [4.69, 9.17) is 0 Å². The number of hydrogen-bond donors (Lipinski definition) is 1. The van der Waals surface area contributed by atoms with Crippen molar-refractivity contribution in [3.63, 3.8) is 0 Å². The summed E-state index contributed by atoms with van der Waals surface area (Å²) >= 11 is 1.80. The molecule has 1 aliphatic rings. The Kier molecular flexibility index (Phi) is 4.24. The second kappa shape index (κ2) is 5.69. The molecule has 1 atom stereocenters. The molecule has 0 aliphatic heterocycles. The minimum absolute atomic E-state index is 0.417. The number of aromatic nitrogens is 1. The highest BCUT2D eigenvalue weighted by molar-refractivity contribution is 7.99. The summed E-state index contributed by atoms with van der Waals surface area (Å²) in [5.41, 5.74) is 0.963. The van der Waals surface area contributed by atoms with Gasteiger partial charge in [0.05, 0.1) is 6.10 Å². The van der Waals surface area contributed by atoms with E-state index in [1.54, 1.807) is 18.7 Å². The first-order valence-electron chi connectivity index (χ1n) is 6.03. The number of thioether (sulfide) groups is 1. The number of aliphatic hydroxyl groups is 1. The van der Waals surface area contributed by atoms with E-state index < -0.39 is 6.10 Å². The Morgan fingerprint density at radius 2 is 2.25 bits per heavy atom. The molecule has 1 heterocycles. The highest BCUT2D eigenvalue weighted by Crippen LogP contribution is 2.32. The quantitative estimate of drug-likeness (QED) is 0.815. The van der Waals surface area contributed by atoms with Crippen LogP contribution in [0.15, 0.2) is 23.4 Å². The zero-order valence-electron chi connectivity index (χ0n) is 9.72. The number of nitrogens with zero attached hydrogens (tertiary/aromatic N) is 1. The van der Waals surface area contributed by atoms with Gasteiger partial charge in [0.2, 0.25) is 0 Å². The lowest BCUT2D eigenvalue weighted by atomic mass is 10.1. The molecule has 0 saturated heterocycles. The summed E-state index contributed by atoms with van der Waals surface area (Å²) in [7, 11) is 0. The van der Waals surface area contributed by atoms with Crippen molar-refractivity contribution in [1.29, 1.82) is 0 Å². The van der Waals surface area contributed by atoms with Crippen LogP contribution < -0.4 is 0 Å². The molecule has 0 spiro atoms. The SMILES string of the molecule is C[C@H](O)c1cccnc1SCC1CCCC1. The Hall–Kier alpha value is -0.540. The van der Waals surface area contributed by atoms with Gasteiger partial charge in [-0.05, 0) is 31.7 Å². The average molecular weight is 237 g/mol. The summed E-state index contributed by atoms with van der Waals surface area (Å²) in [6.07, 6.45) is 6.89. The van der Waals surface area contributed by atoms with Crippen LogP contribution in [0.5, 0.6) is 0 Å². The standard InChI is InChI=1S/C13H19NOS/c1-10(15)12-7-4-8-14-13(12)16-9-11-5-2-3-6-11/h4,7-8,10-11,15H,2-3,5-6,9H2,1H3/t10-/m0/s1. The molecule has 1 fully saturated rings. The molecule has 0 amide bonds. The molecule has 3 heteroatoms. The third-order valence-electron chi connectivity index (χ3n) is 3.18. The summed E-state index contributed by atoms with van der Waals surface area (Å²) in [5.74, 6) is 2.00. The van der Waals surface area contributed by atoms with E-state index in [1.165, 1.54) is 25.7 Å². The lowest BCUT2D eigenvalue weighted by Gasteiger charge is -2.12. The monoisotopic (exact) mass is 237 g/mol. The van der Waals surface area contributed by atoms with E-state index in [0.29, 0.717) is 0 Å². The van der Waals surface area contributed by atoms with Crippen LogP contribution in [0.1, 0.15) is 44.3 Å². The van der Waals surface area contributed by atoms with Gasteiger partial charge in [-0.3, -0.25) is 0 Å². The van der Waals surface area contributed by atoms with E-state index in [2.05, 4.69) is 4.98 Å². The van der Waals surface area contributed by atoms with Crippen molar-refractivity contribution in [2.75, 3.05) is 5.75 Å². The smallest absolute Gasteiger partial charge is 0.102 e. The Morgan fingerprint density at radius 1 is 1.50 bits per heavy atom. The van der Waals surface area contributed by atoms with Crippen LogP contribution in [0.3, 0.4) is 0 Å². The van der Waals surface area contributed by atoms with E-state index in [9.17, 15) is 5.11 Å². The second-order valence-electron chi connectivity index (χ2n) is 4.54. The maximum absolute atomic E-state index is 9.64. The van der Waals surface area contributed by atoms with E-state index >= 15 is 0 Å². The molecule has 88 valence electrons. The van der Waals surface area contributed by atoms with Gasteiger partial charge in [0.15, 0.2) is 0 Å². The molecular formula is C13H19NOS. The van der Waals surface area contributed by atoms with Crippen molar-refractivity contribution in [1.82, 2.24) is 4.98 Å². The molecule has 0 unspecified atom stereocenters. The van der Waals surface area contributed by atoms with Crippen molar-refractivity contribution in [3.05, 3.63) is 23.9 Å². The van der Waals surface area contributed by atoms with E-state index in [1.807, 2.05) is 18.3 Å². The van der Waals surface area contributed by atoms with Crippen LogP contribution >= 0.6 is 11.8 Å². The van der Waals surface area contributed by atoms with E-state index in [0.717, 1.165) is 22.3 Å². The summed E-state index contributed by atoms with van der Waals surface area (Å²) in [6, 6.07) is 3.86. The van der Waals surface area contributed by atoms with Gasteiger partial charge in [-0.1, -0.05) is 18.9 Å². The fourth-order valence-corrected chi connectivity index (χ4v) is 3.48. The topological polar surface area (TPSA) is 33.1 Å².